The predicted octanol–water partition coefficient (Wildman–Crippen LogP) is 4.17. The second kappa shape index (κ2) is 6.42. The van der Waals surface area contributed by atoms with Crippen molar-refractivity contribution in [2.75, 3.05) is 11.9 Å². The summed E-state index contributed by atoms with van der Waals surface area (Å²) in [7, 11) is 0. The fourth-order valence-corrected chi connectivity index (χ4v) is 2.47. The van der Waals surface area contributed by atoms with Gasteiger partial charge >= 0.3 is 0 Å². The Hall–Kier alpha value is -3.34. The number of hydrogen-bond acceptors (Lipinski definition) is 5. The maximum Gasteiger partial charge on any atom is 0.220 e. The SMILES string of the molecule is C1=COc2cccc(n2)Nc2cc(ccn2)-c2ccccc2OC1. The van der Waals surface area contributed by atoms with E-state index in [1.54, 1.807) is 18.5 Å². The largest absolute Gasteiger partial charge is 0.489 e. The molecule has 2 aromatic heterocycles. The number of rotatable bonds is 0. The summed E-state index contributed by atoms with van der Waals surface area (Å²) >= 11 is 0. The van der Waals surface area contributed by atoms with Gasteiger partial charge in [-0.05, 0) is 35.9 Å². The van der Waals surface area contributed by atoms with Gasteiger partial charge in [0, 0.05) is 17.8 Å². The molecule has 1 aliphatic rings. The summed E-state index contributed by atoms with van der Waals surface area (Å²) in [6.45, 7) is 0.410. The minimum atomic E-state index is 0.410. The first-order valence-electron chi connectivity index (χ1n) is 7.62. The van der Waals surface area contributed by atoms with Gasteiger partial charge in [0.1, 0.15) is 24.0 Å². The van der Waals surface area contributed by atoms with Gasteiger partial charge in [0.05, 0.1) is 6.26 Å². The van der Waals surface area contributed by atoms with E-state index in [9.17, 15) is 0 Å². The van der Waals surface area contributed by atoms with Gasteiger partial charge in [-0.3, -0.25) is 0 Å². The smallest absolute Gasteiger partial charge is 0.220 e. The number of nitrogens with zero attached hydrogens (tertiary/aromatic N) is 2. The highest BCUT2D eigenvalue weighted by atomic mass is 16.5. The second-order valence-electron chi connectivity index (χ2n) is 5.21. The third-order valence-corrected chi connectivity index (χ3v) is 3.56. The second-order valence-corrected chi connectivity index (χ2v) is 5.21. The Morgan fingerprint density at radius 1 is 0.958 bits per heavy atom. The van der Waals surface area contributed by atoms with Gasteiger partial charge in [0.2, 0.25) is 5.88 Å². The lowest BCUT2D eigenvalue weighted by atomic mass is 10.1. The monoisotopic (exact) mass is 317 g/mol. The molecule has 0 amide bonds. The summed E-state index contributed by atoms with van der Waals surface area (Å²) < 4.78 is 11.4. The molecule has 0 fully saturated rings. The fourth-order valence-electron chi connectivity index (χ4n) is 2.47. The molecule has 4 bridgehead atoms. The average Bonchev–Trinajstić information content (AvgIpc) is 2.62. The zero-order valence-electron chi connectivity index (χ0n) is 12.8. The number of nitrogens with one attached hydrogen (secondary N) is 1. The Bertz CT molecular complexity index is 893. The molecule has 0 atom stereocenters. The van der Waals surface area contributed by atoms with E-state index >= 15 is 0 Å². The molecule has 0 saturated carbocycles. The maximum atomic E-state index is 5.86. The molecule has 5 nitrogen and oxygen atoms in total. The highest BCUT2D eigenvalue weighted by Crippen LogP contribution is 2.31. The molecule has 24 heavy (non-hydrogen) atoms. The lowest BCUT2D eigenvalue weighted by Gasteiger charge is -2.12. The van der Waals surface area contributed by atoms with Gasteiger partial charge in [0.25, 0.3) is 0 Å². The molecular weight excluding hydrogens is 302 g/mol. The molecule has 1 aliphatic heterocycles. The van der Waals surface area contributed by atoms with E-state index in [0.717, 1.165) is 16.9 Å². The third-order valence-electron chi connectivity index (χ3n) is 3.56. The van der Waals surface area contributed by atoms with Crippen molar-refractivity contribution < 1.29 is 9.47 Å². The first kappa shape index (κ1) is 14.3. The zero-order valence-corrected chi connectivity index (χ0v) is 12.8. The Labute approximate surface area is 139 Å². The van der Waals surface area contributed by atoms with Gasteiger partial charge < -0.3 is 14.8 Å². The van der Waals surface area contributed by atoms with Crippen molar-refractivity contribution in [3.8, 4) is 22.8 Å². The van der Waals surface area contributed by atoms with Crippen molar-refractivity contribution >= 4 is 11.6 Å². The molecule has 118 valence electrons. The van der Waals surface area contributed by atoms with Crippen molar-refractivity contribution in [3.05, 3.63) is 73.1 Å². The lowest BCUT2D eigenvalue weighted by molar-refractivity contribution is 0.358. The molecule has 4 rings (SSSR count). The molecule has 3 heterocycles. The van der Waals surface area contributed by atoms with Crippen LogP contribution < -0.4 is 14.8 Å². The fraction of sp³-hybridized carbons (Fsp3) is 0.0526. The summed E-state index contributed by atoms with van der Waals surface area (Å²) in [6.07, 6.45) is 5.15. The van der Waals surface area contributed by atoms with Crippen LogP contribution in [0.15, 0.2) is 73.1 Å². The van der Waals surface area contributed by atoms with Crippen molar-refractivity contribution in [2.24, 2.45) is 0 Å². The van der Waals surface area contributed by atoms with E-state index < -0.39 is 0 Å². The topological polar surface area (TPSA) is 56.3 Å². The van der Waals surface area contributed by atoms with Gasteiger partial charge in [-0.25, -0.2) is 4.98 Å². The number of aromatic nitrogens is 2. The number of pyridine rings is 2. The van der Waals surface area contributed by atoms with Crippen LogP contribution in [-0.4, -0.2) is 16.6 Å². The minimum absolute atomic E-state index is 0.410. The standard InChI is InChI=1S/C19H15N3O2/c1-2-6-16-15(5-1)14-9-10-20-18(13-14)21-17-7-3-8-19(22-17)24-12-4-11-23-16/h1-10,12-13H,11H2,(H,20,21,22). The van der Waals surface area contributed by atoms with Crippen LogP contribution in [-0.2, 0) is 0 Å². The Morgan fingerprint density at radius 2 is 1.92 bits per heavy atom. The van der Waals surface area contributed by atoms with Crippen LogP contribution in [0.25, 0.3) is 11.1 Å². The first-order valence-corrected chi connectivity index (χ1v) is 7.62. The molecule has 0 unspecified atom stereocenters. The van der Waals surface area contributed by atoms with E-state index in [-0.39, 0.29) is 0 Å². The summed E-state index contributed by atoms with van der Waals surface area (Å²) in [5.41, 5.74) is 2.03. The van der Waals surface area contributed by atoms with Gasteiger partial charge in [-0.1, -0.05) is 24.3 Å². The van der Waals surface area contributed by atoms with Gasteiger partial charge in [-0.2, -0.15) is 4.98 Å². The summed E-state index contributed by atoms with van der Waals surface area (Å²) in [6, 6.07) is 17.4. The minimum Gasteiger partial charge on any atom is -0.489 e. The van der Waals surface area contributed by atoms with Crippen molar-refractivity contribution in [2.45, 2.75) is 0 Å². The Balaban J connectivity index is 1.80. The highest BCUT2D eigenvalue weighted by Gasteiger charge is 2.08. The quantitative estimate of drug-likeness (QED) is 0.674. The molecule has 1 N–H and O–H groups in total. The average molecular weight is 317 g/mol. The van der Waals surface area contributed by atoms with E-state index in [4.69, 9.17) is 9.47 Å². The van der Waals surface area contributed by atoms with Crippen LogP contribution in [0, 0.1) is 0 Å². The van der Waals surface area contributed by atoms with Crippen molar-refractivity contribution in [3.63, 3.8) is 0 Å². The molecule has 5 heteroatoms. The zero-order chi connectivity index (χ0) is 16.2. The number of ether oxygens (including phenoxy) is 2. The Kier molecular flexibility index (Phi) is 3.81. The van der Waals surface area contributed by atoms with Crippen LogP contribution in [0.5, 0.6) is 11.6 Å². The molecule has 0 spiro atoms. The summed E-state index contributed by atoms with van der Waals surface area (Å²) in [5.74, 6) is 2.70. The predicted molar refractivity (Wildman–Crippen MR) is 92.5 cm³/mol. The lowest BCUT2D eigenvalue weighted by Crippen LogP contribution is -2.00. The van der Waals surface area contributed by atoms with Gasteiger partial charge in [-0.15, -0.1) is 0 Å². The van der Waals surface area contributed by atoms with E-state index in [2.05, 4.69) is 15.3 Å². The van der Waals surface area contributed by atoms with Crippen LogP contribution in [0.2, 0.25) is 0 Å². The summed E-state index contributed by atoms with van der Waals surface area (Å²) in [4.78, 5) is 8.75. The molecule has 0 radical (unpaired) electrons. The normalized spacial score (nSPS) is 12.8. The number of hydrogen-bond donors (Lipinski definition) is 1. The number of para-hydroxylation sites is 1. The van der Waals surface area contributed by atoms with Crippen LogP contribution >= 0.6 is 0 Å². The first-order chi connectivity index (χ1) is 11.9. The van der Waals surface area contributed by atoms with Crippen LogP contribution in [0.3, 0.4) is 0 Å². The number of fused-ring (bicyclic) bond motifs is 6. The molecule has 0 saturated heterocycles. The van der Waals surface area contributed by atoms with E-state index in [0.29, 0.717) is 24.1 Å². The summed E-state index contributed by atoms with van der Waals surface area (Å²) in [5, 5.41) is 3.20. The third kappa shape index (κ3) is 3.05. The van der Waals surface area contributed by atoms with Crippen molar-refractivity contribution in [1.82, 2.24) is 9.97 Å². The van der Waals surface area contributed by atoms with Crippen molar-refractivity contribution in [1.29, 1.82) is 0 Å². The number of benzene rings is 1. The van der Waals surface area contributed by atoms with E-state index in [1.165, 1.54) is 0 Å². The van der Waals surface area contributed by atoms with Crippen LogP contribution in [0.1, 0.15) is 0 Å². The molecule has 1 aromatic carbocycles. The number of anilines is 2. The molecular formula is C19H15N3O2. The Morgan fingerprint density at radius 3 is 2.92 bits per heavy atom. The highest BCUT2D eigenvalue weighted by molar-refractivity contribution is 5.73. The van der Waals surface area contributed by atoms with Crippen LogP contribution in [0.4, 0.5) is 11.6 Å². The van der Waals surface area contributed by atoms with Gasteiger partial charge in [0.15, 0.2) is 0 Å². The van der Waals surface area contributed by atoms with E-state index in [1.807, 2.05) is 54.6 Å². The molecule has 3 aromatic rings. The maximum absolute atomic E-state index is 5.86. The molecule has 0 aliphatic carbocycles.